The number of hydrogen-bond acceptors (Lipinski definition) is 2. The average molecular weight is 170 g/mol. The Kier molecular flexibility index (Phi) is 3.05. The second-order valence-corrected chi connectivity index (χ2v) is 2.43. The first-order chi connectivity index (χ1) is 5.77. The van der Waals surface area contributed by atoms with Crippen LogP contribution in [-0.4, -0.2) is 18.8 Å². The minimum absolute atomic E-state index is 0.000185. The summed E-state index contributed by atoms with van der Waals surface area (Å²) in [6, 6.07) is 4.26. The van der Waals surface area contributed by atoms with Crippen molar-refractivity contribution >= 4 is 0 Å². The molecule has 0 unspecified atom stereocenters. The summed E-state index contributed by atoms with van der Waals surface area (Å²) in [4.78, 5) is 0. The molecule has 12 heavy (non-hydrogen) atoms. The molecule has 0 saturated carbocycles. The Morgan fingerprint density at radius 1 is 1.50 bits per heavy atom. The monoisotopic (exact) mass is 170 g/mol. The average Bonchev–Trinajstić information content (AvgIpc) is 2.05. The Morgan fingerprint density at radius 2 is 2.25 bits per heavy atom. The van der Waals surface area contributed by atoms with Gasteiger partial charge in [0.15, 0.2) is 0 Å². The van der Waals surface area contributed by atoms with Crippen LogP contribution >= 0.6 is 0 Å². The van der Waals surface area contributed by atoms with Gasteiger partial charge >= 0.3 is 0 Å². The molecule has 0 aliphatic rings. The van der Waals surface area contributed by atoms with Gasteiger partial charge in [-0.1, -0.05) is 0 Å². The maximum Gasteiger partial charge on any atom is 0.123 e. The van der Waals surface area contributed by atoms with Crippen molar-refractivity contribution in [3.63, 3.8) is 0 Å². The molecule has 0 aliphatic heterocycles. The fourth-order valence-corrected chi connectivity index (χ4v) is 1.06. The number of hydrogen-bond donors (Lipinski definition) is 1. The minimum atomic E-state index is -0.306. The molecule has 0 radical (unpaired) electrons. The Morgan fingerprint density at radius 3 is 2.83 bits per heavy atom. The first-order valence-electron chi connectivity index (χ1n) is 3.71. The molecule has 0 saturated heterocycles. The molecule has 0 atom stereocenters. The summed E-state index contributed by atoms with van der Waals surface area (Å²) >= 11 is 0. The lowest BCUT2D eigenvalue weighted by molar-refractivity contribution is 0.296. The number of rotatable bonds is 3. The van der Waals surface area contributed by atoms with Gasteiger partial charge in [0, 0.05) is 6.61 Å². The topological polar surface area (TPSA) is 29.5 Å². The molecule has 0 bridgehead atoms. The molecule has 0 fully saturated rings. The van der Waals surface area contributed by atoms with Gasteiger partial charge in [-0.25, -0.2) is 4.39 Å². The lowest BCUT2D eigenvalue weighted by atomic mass is 10.1. The third-order valence-electron chi connectivity index (χ3n) is 1.62. The first-order valence-corrected chi connectivity index (χ1v) is 3.71. The summed E-state index contributed by atoms with van der Waals surface area (Å²) in [5.74, 6) is 0.310. The van der Waals surface area contributed by atoms with Crippen LogP contribution < -0.4 is 4.74 Å². The maximum absolute atomic E-state index is 12.7. The maximum atomic E-state index is 12.7. The largest absolute Gasteiger partial charge is 0.496 e. The second kappa shape index (κ2) is 4.07. The summed E-state index contributed by atoms with van der Waals surface area (Å²) in [6.07, 6.45) is 0.418. The molecule has 2 nitrogen and oxygen atoms in total. The van der Waals surface area contributed by atoms with Crippen molar-refractivity contribution < 1.29 is 14.2 Å². The van der Waals surface area contributed by atoms with E-state index in [0.717, 1.165) is 0 Å². The molecule has 0 spiro atoms. The SMILES string of the molecule is COc1ccc(F)cc1CCO. The molecule has 1 N–H and O–H groups in total. The van der Waals surface area contributed by atoms with Crippen LogP contribution in [0.2, 0.25) is 0 Å². The number of methoxy groups -OCH3 is 1. The van der Waals surface area contributed by atoms with Crippen molar-refractivity contribution in [1.82, 2.24) is 0 Å². The second-order valence-electron chi connectivity index (χ2n) is 2.43. The molecule has 3 heteroatoms. The van der Waals surface area contributed by atoms with Gasteiger partial charge in [0.05, 0.1) is 7.11 Å². The van der Waals surface area contributed by atoms with Crippen LogP contribution in [-0.2, 0) is 6.42 Å². The van der Waals surface area contributed by atoms with E-state index in [4.69, 9.17) is 9.84 Å². The number of aliphatic hydroxyl groups excluding tert-OH is 1. The highest BCUT2D eigenvalue weighted by Crippen LogP contribution is 2.19. The quantitative estimate of drug-likeness (QED) is 0.742. The van der Waals surface area contributed by atoms with Crippen molar-refractivity contribution in [1.29, 1.82) is 0 Å². The van der Waals surface area contributed by atoms with Gasteiger partial charge in [-0.2, -0.15) is 0 Å². The summed E-state index contributed by atoms with van der Waals surface area (Å²) in [5.41, 5.74) is 0.694. The summed E-state index contributed by atoms with van der Waals surface area (Å²) in [5, 5.41) is 8.65. The van der Waals surface area contributed by atoms with Crippen LogP contribution in [0.5, 0.6) is 5.75 Å². The standard InChI is InChI=1S/C9H11FO2/c1-12-9-3-2-8(10)6-7(9)4-5-11/h2-3,6,11H,4-5H2,1H3. The van der Waals surface area contributed by atoms with Crippen molar-refractivity contribution in [2.75, 3.05) is 13.7 Å². The van der Waals surface area contributed by atoms with Crippen LogP contribution in [0.1, 0.15) is 5.56 Å². The molecule has 1 rings (SSSR count). The number of aliphatic hydroxyl groups is 1. The molecule has 0 heterocycles. The lowest BCUT2D eigenvalue weighted by Gasteiger charge is -2.06. The summed E-state index contributed by atoms with van der Waals surface area (Å²) in [6.45, 7) is -0.000185. The predicted molar refractivity (Wildman–Crippen MR) is 43.7 cm³/mol. The van der Waals surface area contributed by atoms with E-state index in [1.54, 1.807) is 6.07 Å². The molecule has 1 aromatic rings. The molecule has 66 valence electrons. The zero-order chi connectivity index (χ0) is 8.97. The Labute approximate surface area is 70.6 Å². The van der Waals surface area contributed by atoms with Gasteiger partial charge in [-0.05, 0) is 30.2 Å². The fourth-order valence-electron chi connectivity index (χ4n) is 1.06. The van der Waals surface area contributed by atoms with Crippen LogP contribution in [0.15, 0.2) is 18.2 Å². The predicted octanol–water partition coefficient (Wildman–Crippen LogP) is 1.37. The lowest BCUT2D eigenvalue weighted by Crippen LogP contribution is -1.96. The van der Waals surface area contributed by atoms with Gasteiger partial charge in [0.2, 0.25) is 0 Å². The van der Waals surface area contributed by atoms with Gasteiger partial charge in [-0.15, -0.1) is 0 Å². The van der Waals surface area contributed by atoms with Crippen LogP contribution in [0.3, 0.4) is 0 Å². The van der Waals surface area contributed by atoms with Crippen LogP contribution in [0, 0.1) is 5.82 Å². The Balaban J connectivity index is 2.95. The fraction of sp³-hybridized carbons (Fsp3) is 0.333. The van der Waals surface area contributed by atoms with E-state index < -0.39 is 0 Å². The highest BCUT2D eigenvalue weighted by Gasteiger charge is 2.02. The van der Waals surface area contributed by atoms with Crippen LogP contribution in [0.4, 0.5) is 4.39 Å². The smallest absolute Gasteiger partial charge is 0.123 e. The molecular formula is C9H11FO2. The number of halogens is 1. The summed E-state index contributed by atoms with van der Waals surface area (Å²) < 4.78 is 17.6. The zero-order valence-electron chi connectivity index (χ0n) is 6.88. The molecule has 0 aliphatic carbocycles. The van der Waals surface area contributed by atoms with E-state index in [1.165, 1.54) is 19.2 Å². The zero-order valence-corrected chi connectivity index (χ0v) is 6.88. The minimum Gasteiger partial charge on any atom is -0.496 e. The van der Waals surface area contributed by atoms with Crippen molar-refractivity contribution in [2.45, 2.75) is 6.42 Å². The van der Waals surface area contributed by atoms with E-state index in [9.17, 15) is 4.39 Å². The van der Waals surface area contributed by atoms with Crippen molar-refractivity contribution in [3.8, 4) is 5.75 Å². The highest BCUT2D eigenvalue weighted by atomic mass is 19.1. The summed E-state index contributed by atoms with van der Waals surface area (Å²) in [7, 11) is 1.52. The third-order valence-corrected chi connectivity index (χ3v) is 1.62. The van der Waals surface area contributed by atoms with E-state index in [0.29, 0.717) is 17.7 Å². The van der Waals surface area contributed by atoms with E-state index in [1.807, 2.05) is 0 Å². The molecule has 0 amide bonds. The molecule has 0 aromatic heterocycles. The first kappa shape index (κ1) is 9.00. The van der Waals surface area contributed by atoms with Gasteiger partial charge in [0.25, 0.3) is 0 Å². The Hall–Kier alpha value is -1.09. The van der Waals surface area contributed by atoms with Gasteiger partial charge in [0.1, 0.15) is 11.6 Å². The van der Waals surface area contributed by atoms with Crippen molar-refractivity contribution in [2.24, 2.45) is 0 Å². The number of benzene rings is 1. The van der Waals surface area contributed by atoms with Crippen LogP contribution in [0.25, 0.3) is 0 Å². The van der Waals surface area contributed by atoms with Gasteiger partial charge in [-0.3, -0.25) is 0 Å². The van der Waals surface area contributed by atoms with Gasteiger partial charge < -0.3 is 9.84 Å². The Bertz CT molecular complexity index is 261. The molecular weight excluding hydrogens is 159 g/mol. The van der Waals surface area contributed by atoms with E-state index >= 15 is 0 Å². The normalized spacial score (nSPS) is 9.92. The van der Waals surface area contributed by atoms with Crippen molar-refractivity contribution in [3.05, 3.63) is 29.6 Å². The van der Waals surface area contributed by atoms with E-state index in [-0.39, 0.29) is 12.4 Å². The van der Waals surface area contributed by atoms with E-state index in [2.05, 4.69) is 0 Å². The number of ether oxygens (including phenoxy) is 1. The third kappa shape index (κ3) is 1.95. The molecule has 1 aromatic carbocycles. The highest BCUT2D eigenvalue weighted by molar-refractivity contribution is 5.33.